The van der Waals surface area contributed by atoms with Crippen LogP contribution in [-0.2, 0) is 17.5 Å². The van der Waals surface area contributed by atoms with Crippen LogP contribution < -0.4 is 0 Å². The van der Waals surface area contributed by atoms with E-state index in [1.807, 2.05) is 13.8 Å². The van der Waals surface area contributed by atoms with Crippen LogP contribution in [0, 0.1) is 0 Å². The van der Waals surface area contributed by atoms with E-state index in [1.54, 1.807) is 18.2 Å². The minimum atomic E-state index is -4.91. The maximum atomic E-state index is 12.8. The average molecular weight is 329 g/mol. The number of rotatable bonds is 5. The van der Waals surface area contributed by atoms with Crippen LogP contribution in [0.2, 0.25) is 0 Å². The lowest BCUT2D eigenvalue weighted by molar-refractivity contribution is -0.141. The Morgan fingerprint density at radius 2 is 2.09 bits per heavy atom. The van der Waals surface area contributed by atoms with Gasteiger partial charge in [-0.1, -0.05) is 12.1 Å². The molecule has 0 saturated heterocycles. The van der Waals surface area contributed by atoms with Crippen molar-refractivity contribution >= 4 is 5.97 Å². The van der Waals surface area contributed by atoms with Gasteiger partial charge in [-0.2, -0.15) is 13.2 Å². The first kappa shape index (κ1) is 17.0. The Balaban J connectivity index is 2.39. The number of benzene rings is 1. The van der Waals surface area contributed by atoms with E-state index in [0.717, 1.165) is 0 Å². The summed E-state index contributed by atoms with van der Waals surface area (Å²) in [6, 6.07) is 6.36. The Bertz CT molecular complexity index is 707. The van der Waals surface area contributed by atoms with Crippen LogP contribution in [0.3, 0.4) is 0 Å². The first-order valence-electron chi connectivity index (χ1n) is 6.70. The first-order valence-corrected chi connectivity index (χ1v) is 6.70. The number of oxazole rings is 1. The van der Waals surface area contributed by atoms with E-state index in [2.05, 4.69) is 4.98 Å². The van der Waals surface area contributed by atoms with Gasteiger partial charge in [0, 0.05) is 5.56 Å². The van der Waals surface area contributed by atoms with E-state index in [4.69, 9.17) is 14.3 Å². The Morgan fingerprint density at radius 3 is 2.61 bits per heavy atom. The molecular weight excluding hydrogens is 315 g/mol. The highest BCUT2D eigenvalue weighted by Crippen LogP contribution is 2.34. The van der Waals surface area contributed by atoms with E-state index in [9.17, 15) is 18.0 Å². The standard InChI is InChI=1S/C15H14F3NO4/c1-8(2)22-7-9-4-3-5-10(6-9)13-19-12(15(16,17)18)11(23-13)14(20)21/h3-6,8H,7H2,1-2H3,(H,20,21). The molecule has 1 N–H and O–H groups in total. The van der Waals surface area contributed by atoms with Crippen molar-refractivity contribution in [2.24, 2.45) is 0 Å². The van der Waals surface area contributed by atoms with Crippen LogP contribution in [0.1, 0.15) is 35.7 Å². The number of aromatic carboxylic acids is 1. The maximum absolute atomic E-state index is 12.8. The monoisotopic (exact) mass is 329 g/mol. The number of alkyl halides is 3. The summed E-state index contributed by atoms with van der Waals surface area (Å²) in [7, 11) is 0. The summed E-state index contributed by atoms with van der Waals surface area (Å²) in [5, 5.41) is 8.84. The van der Waals surface area contributed by atoms with Gasteiger partial charge < -0.3 is 14.3 Å². The summed E-state index contributed by atoms with van der Waals surface area (Å²) < 4.78 is 48.7. The fourth-order valence-corrected chi connectivity index (χ4v) is 1.84. The zero-order valence-electron chi connectivity index (χ0n) is 12.3. The second-order valence-corrected chi connectivity index (χ2v) is 5.06. The molecule has 0 spiro atoms. The molecule has 23 heavy (non-hydrogen) atoms. The molecule has 0 amide bonds. The van der Waals surface area contributed by atoms with Crippen molar-refractivity contribution in [1.29, 1.82) is 0 Å². The largest absolute Gasteiger partial charge is 0.475 e. The Kier molecular flexibility index (Phi) is 4.74. The Labute approximate surface area is 129 Å². The van der Waals surface area contributed by atoms with Crippen LogP contribution >= 0.6 is 0 Å². The number of carbonyl (C=O) groups is 1. The number of nitrogens with zero attached hydrogens (tertiary/aromatic N) is 1. The van der Waals surface area contributed by atoms with Gasteiger partial charge in [-0.05, 0) is 31.5 Å². The molecule has 0 bridgehead atoms. The van der Waals surface area contributed by atoms with Gasteiger partial charge in [-0.3, -0.25) is 0 Å². The summed E-state index contributed by atoms with van der Waals surface area (Å²) in [6.07, 6.45) is -4.91. The molecule has 2 rings (SSSR count). The van der Waals surface area contributed by atoms with E-state index < -0.39 is 29.5 Å². The van der Waals surface area contributed by atoms with Gasteiger partial charge in [0.15, 0.2) is 5.69 Å². The van der Waals surface area contributed by atoms with Crippen LogP contribution in [0.5, 0.6) is 0 Å². The summed E-state index contributed by atoms with van der Waals surface area (Å²) >= 11 is 0. The second-order valence-electron chi connectivity index (χ2n) is 5.06. The minimum Gasteiger partial charge on any atom is -0.475 e. The normalized spacial score (nSPS) is 11.9. The first-order chi connectivity index (χ1) is 10.7. The lowest BCUT2D eigenvalue weighted by Crippen LogP contribution is -2.11. The van der Waals surface area contributed by atoms with Gasteiger partial charge in [0.2, 0.25) is 11.7 Å². The molecule has 0 atom stereocenters. The molecular formula is C15H14F3NO4. The lowest BCUT2D eigenvalue weighted by atomic mass is 10.1. The van der Waals surface area contributed by atoms with Gasteiger partial charge in [-0.15, -0.1) is 0 Å². The number of halogens is 3. The van der Waals surface area contributed by atoms with Crippen LogP contribution in [-0.4, -0.2) is 22.2 Å². The van der Waals surface area contributed by atoms with Crippen molar-refractivity contribution in [3.05, 3.63) is 41.3 Å². The zero-order chi connectivity index (χ0) is 17.2. The molecule has 0 saturated carbocycles. The third-order valence-corrected chi connectivity index (χ3v) is 2.85. The molecule has 0 aliphatic carbocycles. The third-order valence-electron chi connectivity index (χ3n) is 2.85. The fraction of sp³-hybridized carbons (Fsp3) is 0.333. The zero-order valence-corrected chi connectivity index (χ0v) is 12.3. The van der Waals surface area contributed by atoms with Crippen LogP contribution in [0.4, 0.5) is 13.2 Å². The second kappa shape index (κ2) is 6.41. The predicted molar refractivity (Wildman–Crippen MR) is 73.8 cm³/mol. The van der Waals surface area contributed by atoms with Gasteiger partial charge in [0.1, 0.15) is 0 Å². The van der Waals surface area contributed by atoms with E-state index in [0.29, 0.717) is 5.56 Å². The molecule has 0 aliphatic heterocycles. The molecule has 0 unspecified atom stereocenters. The molecule has 2 aromatic rings. The summed E-state index contributed by atoms with van der Waals surface area (Å²) in [5.41, 5.74) is -0.600. The summed E-state index contributed by atoms with van der Waals surface area (Å²) in [6.45, 7) is 3.98. The van der Waals surface area contributed by atoms with Crippen molar-refractivity contribution in [3.63, 3.8) is 0 Å². The number of hydrogen-bond acceptors (Lipinski definition) is 4. The molecule has 124 valence electrons. The van der Waals surface area contributed by atoms with Gasteiger partial charge in [0.25, 0.3) is 0 Å². The number of aromatic nitrogens is 1. The van der Waals surface area contributed by atoms with Gasteiger partial charge >= 0.3 is 12.1 Å². The number of ether oxygens (including phenoxy) is 1. The highest BCUT2D eigenvalue weighted by Gasteiger charge is 2.41. The molecule has 1 aromatic carbocycles. The molecule has 8 heteroatoms. The van der Waals surface area contributed by atoms with Crippen molar-refractivity contribution in [1.82, 2.24) is 4.98 Å². The maximum Gasteiger partial charge on any atom is 0.437 e. The summed E-state index contributed by atoms with van der Waals surface area (Å²) in [5.74, 6) is -3.45. The van der Waals surface area contributed by atoms with E-state index in [-0.39, 0.29) is 18.3 Å². The smallest absolute Gasteiger partial charge is 0.437 e. The van der Waals surface area contributed by atoms with Crippen molar-refractivity contribution in [3.8, 4) is 11.5 Å². The highest BCUT2D eigenvalue weighted by molar-refractivity contribution is 5.86. The SMILES string of the molecule is CC(C)OCc1cccc(-c2nc(C(F)(F)F)c(C(=O)O)o2)c1. The molecule has 0 aliphatic rings. The minimum absolute atomic E-state index is 0.00385. The average Bonchev–Trinajstić information content (AvgIpc) is 2.91. The molecule has 5 nitrogen and oxygen atoms in total. The lowest BCUT2D eigenvalue weighted by Gasteiger charge is -2.07. The topological polar surface area (TPSA) is 72.6 Å². The Hall–Kier alpha value is -2.35. The van der Waals surface area contributed by atoms with E-state index in [1.165, 1.54) is 6.07 Å². The highest BCUT2D eigenvalue weighted by atomic mass is 19.4. The van der Waals surface area contributed by atoms with Crippen molar-refractivity contribution in [2.75, 3.05) is 0 Å². The summed E-state index contributed by atoms with van der Waals surface area (Å²) in [4.78, 5) is 14.2. The molecule has 0 fully saturated rings. The van der Waals surface area contributed by atoms with Crippen molar-refractivity contribution in [2.45, 2.75) is 32.7 Å². The van der Waals surface area contributed by atoms with E-state index >= 15 is 0 Å². The number of carboxylic acids is 1. The molecule has 1 heterocycles. The van der Waals surface area contributed by atoms with Crippen LogP contribution in [0.15, 0.2) is 28.7 Å². The number of hydrogen-bond donors (Lipinski definition) is 1. The Morgan fingerprint density at radius 1 is 1.39 bits per heavy atom. The molecule has 0 radical (unpaired) electrons. The van der Waals surface area contributed by atoms with Gasteiger partial charge in [-0.25, -0.2) is 9.78 Å². The molecule has 1 aromatic heterocycles. The fourth-order valence-electron chi connectivity index (χ4n) is 1.84. The third kappa shape index (κ3) is 4.10. The van der Waals surface area contributed by atoms with Crippen molar-refractivity contribution < 1.29 is 32.2 Å². The van der Waals surface area contributed by atoms with Crippen LogP contribution in [0.25, 0.3) is 11.5 Å². The quantitative estimate of drug-likeness (QED) is 0.898. The predicted octanol–water partition coefficient (Wildman–Crippen LogP) is 3.98. The van der Waals surface area contributed by atoms with Gasteiger partial charge in [0.05, 0.1) is 12.7 Å². The number of carboxylic acid groups (broad SMARTS) is 1.